The summed E-state index contributed by atoms with van der Waals surface area (Å²) in [5.74, 6) is 0. The highest BCUT2D eigenvalue weighted by Gasteiger charge is 2.05. The normalized spacial score (nSPS) is 9.68. The summed E-state index contributed by atoms with van der Waals surface area (Å²) in [4.78, 5) is 23.6. The van der Waals surface area contributed by atoms with Crippen molar-refractivity contribution in [2.45, 2.75) is 6.54 Å². The van der Waals surface area contributed by atoms with Crippen LogP contribution in [-0.2, 0) is 11.3 Å². The van der Waals surface area contributed by atoms with Crippen LogP contribution in [0.1, 0.15) is 5.56 Å². The van der Waals surface area contributed by atoms with Crippen molar-refractivity contribution < 1.29 is 9.72 Å². The van der Waals surface area contributed by atoms with E-state index in [-0.39, 0.29) is 5.69 Å². The fourth-order valence-corrected chi connectivity index (χ4v) is 1.70. The molecule has 0 saturated carbocycles. The Kier molecular flexibility index (Phi) is 3.81. The number of hydrogen-bond donors (Lipinski definition) is 0. The van der Waals surface area contributed by atoms with Gasteiger partial charge in [-0.3, -0.25) is 10.1 Å². The third-order valence-electron chi connectivity index (χ3n) is 2.69. The summed E-state index contributed by atoms with van der Waals surface area (Å²) in [5, 5.41) is 10.6. The number of nitro benzene ring substituents is 1. The third-order valence-corrected chi connectivity index (χ3v) is 2.69. The molecule has 2 aromatic carbocycles. The summed E-state index contributed by atoms with van der Waals surface area (Å²) in [6.45, 7) is 0.310. The summed E-state index contributed by atoms with van der Waals surface area (Å²) in [6, 6.07) is 13.8. The molecule has 94 valence electrons. The molecule has 19 heavy (non-hydrogen) atoms. The molecule has 5 nitrogen and oxygen atoms in total. The average molecular weight is 254 g/mol. The van der Waals surface area contributed by atoms with Crippen molar-refractivity contribution in [2.75, 3.05) is 0 Å². The molecule has 0 aliphatic rings. The van der Waals surface area contributed by atoms with Crippen molar-refractivity contribution in [3.8, 4) is 11.1 Å². The van der Waals surface area contributed by atoms with E-state index in [1.54, 1.807) is 12.1 Å². The van der Waals surface area contributed by atoms with Crippen LogP contribution in [0, 0.1) is 10.1 Å². The molecule has 0 unspecified atom stereocenters. The van der Waals surface area contributed by atoms with E-state index >= 15 is 0 Å². The first-order valence-corrected chi connectivity index (χ1v) is 5.58. The fraction of sp³-hybridized carbons (Fsp3) is 0.0714. The SMILES string of the molecule is O=C=NCc1ccc(-c2ccc([N+](=O)[O-])cc2)cc1. The molecule has 2 rings (SSSR count). The van der Waals surface area contributed by atoms with E-state index in [9.17, 15) is 14.9 Å². The molecule has 0 N–H and O–H groups in total. The maximum absolute atomic E-state index is 10.6. The van der Waals surface area contributed by atoms with E-state index < -0.39 is 4.92 Å². The second-order valence-corrected chi connectivity index (χ2v) is 3.91. The Balaban J connectivity index is 2.21. The van der Waals surface area contributed by atoms with Crippen LogP contribution < -0.4 is 0 Å². The molecule has 0 saturated heterocycles. The minimum Gasteiger partial charge on any atom is -0.258 e. The highest BCUT2D eigenvalue weighted by atomic mass is 16.6. The van der Waals surface area contributed by atoms with Crippen molar-refractivity contribution in [3.63, 3.8) is 0 Å². The van der Waals surface area contributed by atoms with Gasteiger partial charge in [-0.05, 0) is 28.8 Å². The second-order valence-electron chi connectivity index (χ2n) is 3.91. The van der Waals surface area contributed by atoms with Crippen molar-refractivity contribution in [3.05, 3.63) is 64.2 Å². The smallest absolute Gasteiger partial charge is 0.258 e. The predicted molar refractivity (Wildman–Crippen MR) is 70.4 cm³/mol. The van der Waals surface area contributed by atoms with Crippen molar-refractivity contribution >= 4 is 11.8 Å². The summed E-state index contributed by atoms with van der Waals surface area (Å²) in [5.41, 5.74) is 2.83. The molecule has 0 heterocycles. The molecule has 0 radical (unpaired) electrons. The molecule has 0 amide bonds. The Morgan fingerprint density at radius 1 is 1.00 bits per heavy atom. The average Bonchev–Trinajstić information content (AvgIpc) is 2.46. The second kappa shape index (κ2) is 5.71. The van der Waals surface area contributed by atoms with Gasteiger partial charge in [0.25, 0.3) is 5.69 Å². The lowest BCUT2D eigenvalue weighted by Gasteiger charge is -2.02. The number of benzene rings is 2. The van der Waals surface area contributed by atoms with Gasteiger partial charge in [0.15, 0.2) is 0 Å². The van der Waals surface area contributed by atoms with E-state index in [1.807, 2.05) is 24.3 Å². The van der Waals surface area contributed by atoms with E-state index in [4.69, 9.17) is 0 Å². The quantitative estimate of drug-likeness (QED) is 0.364. The highest BCUT2D eigenvalue weighted by molar-refractivity contribution is 5.65. The first-order chi connectivity index (χ1) is 9.20. The molecule has 0 fully saturated rings. The number of isocyanates is 1. The minimum absolute atomic E-state index is 0.0701. The Labute approximate surface area is 109 Å². The van der Waals surface area contributed by atoms with Gasteiger partial charge in [0.1, 0.15) is 0 Å². The summed E-state index contributed by atoms with van der Waals surface area (Å²) in [7, 11) is 0. The standard InChI is InChI=1S/C14H10N2O3/c17-10-15-9-11-1-3-12(4-2-11)13-5-7-14(8-6-13)16(18)19/h1-8H,9H2. The number of non-ortho nitro benzene ring substituents is 1. The molecule has 0 aromatic heterocycles. The van der Waals surface area contributed by atoms with Crippen LogP contribution in [-0.4, -0.2) is 11.0 Å². The van der Waals surface area contributed by atoms with E-state index in [2.05, 4.69) is 4.99 Å². The topological polar surface area (TPSA) is 72.6 Å². The van der Waals surface area contributed by atoms with Gasteiger partial charge in [-0.1, -0.05) is 24.3 Å². The van der Waals surface area contributed by atoms with Crippen molar-refractivity contribution in [1.29, 1.82) is 0 Å². The van der Waals surface area contributed by atoms with Gasteiger partial charge in [-0.2, -0.15) is 0 Å². The number of aliphatic imine (C=N–C) groups is 1. The molecule has 0 bridgehead atoms. The molecule has 0 spiro atoms. The zero-order valence-electron chi connectivity index (χ0n) is 9.95. The molecule has 2 aromatic rings. The van der Waals surface area contributed by atoms with Gasteiger partial charge < -0.3 is 0 Å². The molecule has 5 heteroatoms. The zero-order valence-corrected chi connectivity index (χ0v) is 9.95. The van der Waals surface area contributed by atoms with Gasteiger partial charge in [-0.15, -0.1) is 0 Å². The number of carbonyl (C=O) groups excluding carboxylic acids is 1. The summed E-state index contributed by atoms with van der Waals surface area (Å²) < 4.78 is 0. The maximum atomic E-state index is 10.6. The van der Waals surface area contributed by atoms with Crippen molar-refractivity contribution in [2.24, 2.45) is 4.99 Å². The third kappa shape index (κ3) is 3.12. The van der Waals surface area contributed by atoms with E-state index in [1.165, 1.54) is 18.2 Å². The number of rotatable bonds is 4. The highest BCUT2D eigenvalue weighted by Crippen LogP contribution is 2.22. The van der Waals surface area contributed by atoms with Crippen LogP contribution in [0.4, 0.5) is 5.69 Å². The fourth-order valence-electron chi connectivity index (χ4n) is 1.70. The van der Waals surface area contributed by atoms with Crippen LogP contribution in [0.25, 0.3) is 11.1 Å². The number of nitro groups is 1. The first-order valence-electron chi connectivity index (χ1n) is 5.58. The maximum Gasteiger partial charge on any atom is 0.269 e. The van der Waals surface area contributed by atoms with Crippen LogP contribution in [0.2, 0.25) is 0 Å². The monoisotopic (exact) mass is 254 g/mol. The van der Waals surface area contributed by atoms with Gasteiger partial charge in [-0.25, -0.2) is 9.79 Å². The van der Waals surface area contributed by atoms with Crippen LogP contribution in [0.5, 0.6) is 0 Å². The van der Waals surface area contributed by atoms with Crippen LogP contribution >= 0.6 is 0 Å². The molecular formula is C14H10N2O3. The molecular weight excluding hydrogens is 244 g/mol. The van der Waals surface area contributed by atoms with Crippen molar-refractivity contribution in [1.82, 2.24) is 0 Å². The molecule has 0 aliphatic heterocycles. The Hall–Kier alpha value is -2.78. The van der Waals surface area contributed by atoms with Gasteiger partial charge >= 0.3 is 0 Å². The first kappa shape index (κ1) is 12.7. The van der Waals surface area contributed by atoms with Crippen LogP contribution in [0.3, 0.4) is 0 Å². The van der Waals surface area contributed by atoms with Gasteiger partial charge in [0.05, 0.1) is 11.5 Å². The summed E-state index contributed by atoms with van der Waals surface area (Å²) in [6.07, 6.45) is 1.49. The van der Waals surface area contributed by atoms with Gasteiger partial charge in [0.2, 0.25) is 6.08 Å². The van der Waals surface area contributed by atoms with Crippen LogP contribution in [0.15, 0.2) is 53.5 Å². The lowest BCUT2D eigenvalue weighted by Crippen LogP contribution is -1.87. The Morgan fingerprint density at radius 2 is 1.53 bits per heavy atom. The minimum atomic E-state index is -0.426. The largest absolute Gasteiger partial charge is 0.269 e. The Morgan fingerprint density at radius 3 is 2.00 bits per heavy atom. The molecule has 0 aliphatic carbocycles. The zero-order chi connectivity index (χ0) is 13.7. The van der Waals surface area contributed by atoms with E-state index in [0.29, 0.717) is 6.54 Å². The number of nitrogens with zero attached hydrogens (tertiary/aromatic N) is 2. The summed E-state index contributed by atoms with van der Waals surface area (Å²) >= 11 is 0. The lowest BCUT2D eigenvalue weighted by atomic mass is 10.0. The predicted octanol–water partition coefficient (Wildman–Crippen LogP) is 3.10. The Bertz CT molecular complexity index is 627. The molecule has 0 atom stereocenters. The van der Waals surface area contributed by atoms with E-state index in [0.717, 1.165) is 16.7 Å². The lowest BCUT2D eigenvalue weighted by molar-refractivity contribution is -0.384. The van der Waals surface area contributed by atoms with Gasteiger partial charge in [0, 0.05) is 12.1 Å². The number of hydrogen-bond acceptors (Lipinski definition) is 4.